The lowest BCUT2D eigenvalue weighted by atomic mass is 10.1. The SMILES string of the molecule is C=Cc1ccc(C(=O)N[C@@H](CS)C(=O)O)cc1. The first kappa shape index (κ1) is 13.3. The van der Waals surface area contributed by atoms with E-state index in [2.05, 4.69) is 24.5 Å². The zero-order valence-corrected chi connectivity index (χ0v) is 9.98. The lowest BCUT2D eigenvalue weighted by Gasteiger charge is -2.11. The molecule has 1 aromatic rings. The molecule has 0 aromatic heterocycles. The molecule has 0 saturated heterocycles. The smallest absolute Gasteiger partial charge is 0.327 e. The van der Waals surface area contributed by atoms with Gasteiger partial charge in [-0.25, -0.2) is 4.79 Å². The van der Waals surface area contributed by atoms with Crippen molar-refractivity contribution in [2.24, 2.45) is 0 Å². The van der Waals surface area contributed by atoms with Gasteiger partial charge in [0.1, 0.15) is 6.04 Å². The van der Waals surface area contributed by atoms with E-state index < -0.39 is 17.9 Å². The fourth-order valence-electron chi connectivity index (χ4n) is 1.20. The van der Waals surface area contributed by atoms with Gasteiger partial charge in [-0.15, -0.1) is 0 Å². The van der Waals surface area contributed by atoms with E-state index in [-0.39, 0.29) is 5.75 Å². The molecule has 1 amide bonds. The van der Waals surface area contributed by atoms with Crippen LogP contribution in [-0.2, 0) is 4.79 Å². The molecule has 1 aromatic carbocycles. The molecule has 0 unspecified atom stereocenters. The molecule has 0 fully saturated rings. The minimum absolute atomic E-state index is 0.0474. The van der Waals surface area contributed by atoms with E-state index in [9.17, 15) is 9.59 Å². The Kier molecular flexibility index (Phi) is 4.78. The fourth-order valence-corrected chi connectivity index (χ4v) is 1.45. The summed E-state index contributed by atoms with van der Waals surface area (Å²) in [4.78, 5) is 22.4. The molecule has 0 aliphatic rings. The number of thiol groups is 1. The minimum atomic E-state index is -1.10. The van der Waals surface area contributed by atoms with Gasteiger partial charge >= 0.3 is 5.97 Å². The molecule has 90 valence electrons. The van der Waals surface area contributed by atoms with E-state index in [0.29, 0.717) is 5.56 Å². The molecule has 0 aliphatic heterocycles. The third kappa shape index (κ3) is 3.64. The van der Waals surface area contributed by atoms with Crippen molar-refractivity contribution in [3.05, 3.63) is 42.0 Å². The summed E-state index contributed by atoms with van der Waals surface area (Å²) in [6, 6.07) is 5.72. The predicted molar refractivity (Wildman–Crippen MR) is 69.3 cm³/mol. The molecular weight excluding hydrogens is 238 g/mol. The molecule has 0 radical (unpaired) electrons. The average Bonchev–Trinajstić information content (AvgIpc) is 2.35. The molecule has 4 nitrogen and oxygen atoms in total. The Balaban J connectivity index is 2.75. The van der Waals surface area contributed by atoms with Gasteiger partial charge in [0.2, 0.25) is 0 Å². The summed E-state index contributed by atoms with van der Waals surface area (Å²) in [5.41, 5.74) is 1.30. The third-order valence-corrected chi connectivity index (χ3v) is 2.56. The second-order valence-electron chi connectivity index (χ2n) is 3.37. The summed E-state index contributed by atoms with van der Waals surface area (Å²) < 4.78 is 0. The van der Waals surface area contributed by atoms with Crippen LogP contribution in [0.2, 0.25) is 0 Å². The summed E-state index contributed by atoms with van der Waals surface area (Å²) in [6.07, 6.45) is 1.66. The Bertz CT molecular complexity index is 428. The molecule has 2 N–H and O–H groups in total. The van der Waals surface area contributed by atoms with Crippen molar-refractivity contribution in [1.29, 1.82) is 0 Å². The van der Waals surface area contributed by atoms with Crippen LogP contribution in [0.3, 0.4) is 0 Å². The Labute approximate surface area is 105 Å². The van der Waals surface area contributed by atoms with E-state index in [4.69, 9.17) is 5.11 Å². The van der Waals surface area contributed by atoms with Gasteiger partial charge in [0.25, 0.3) is 5.91 Å². The Morgan fingerprint density at radius 3 is 2.41 bits per heavy atom. The van der Waals surface area contributed by atoms with E-state index in [1.807, 2.05) is 0 Å². The van der Waals surface area contributed by atoms with Crippen LogP contribution in [0.25, 0.3) is 6.08 Å². The molecule has 0 bridgehead atoms. The van der Waals surface area contributed by atoms with Gasteiger partial charge in [0, 0.05) is 11.3 Å². The molecule has 1 rings (SSSR count). The van der Waals surface area contributed by atoms with Crippen molar-refractivity contribution in [2.75, 3.05) is 5.75 Å². The van der Waals surface area contributed by atoms with Crippen LogP contribution >= 0.6 is 12.6 Å². The highest BCUT2D eigenvalue weighted by Gasteiger charge is 2.18. The number of benzene rings is 1. The van der Waals surface area contributed by atoms with Gasteiger partial charge in [-0.2, -0.15) is 12.6 Å². The first-order valence-electron chi connectivity index (χ1n) is 4.95. The normalized spacial score (nSPS) is 11.6. The number of hydrogen-bond acceptors (Lipinski definition) is 3. The zero-order valence-electron chi connectivity index (χ0n) is 9.09. The number of hydrogen-bond donors (Lipinski definition) is 3. The number of amides is 1. The molecule has 0 heterocycles. The summed E-state index contributed by atoms with van der Waals surface area (Å²) in [5.74, 6) is -1.48. The molecule has 0 spiro atoms. The van der Waals surface area contributed by atoms with Crippen LogP contribution in [0, 0.1) is 0 Å². The van der Waals surface area contributed by atoms with Gasteiger partial charge in [-0.05, 0) is 17.7 Å². The van der Waals surface area contributed by atoms with E-state index >= 15 is 0 Å². The second kappa shape index (κ2) is 6.10. The van der Waals surface area contributed by atoms with Crippen molar-refractivity contribution in [3.8, 4) is 0 Å². The average molecular weight is 251 g/mol. The Morgan fingerprint density at radius 1 is 1.41 bits per heavy atom. The van der Waals surface area contributed by atoms with Crippen LogP contribution in [0.4, 0.5) is 0 Å². The van der Waals surface area contributed by atoms with Crippen molar-refractivity contribution >= 4 is 30.6 Å². The third-order valence-electron chi connectivity index (χ3n) is 2.19. The Hall–Kier alpha value is -1.75. The lowest BCUT2D eigenvalue weighted by molar-refractivity contribution is -0.138. The molecule has 0 aliphatic carbocycles. The van der Waals surface area contributed by atoms with E-state index in [0.717, 1.165) is 5.56 Å². The van der Waals surface area contributed by atoms with Crippen LogP contribution in [0.5, 0.6) is 0 Å². The van der Waals surface area contributed by atoms with Crippen molar-refractivity contribution in [1.82, 2.24) is 5.32 Å². The first-order chi connectivity index (χ1) is 8.08. The highest BCUT2D eigenvalue weighted by Crippen LogP contribution is 2.05. The largest absolute Gasteiger partial charge is 0.480 e. The molecular formula is C12H13NO3S. The molecule has 5 heteroatoms. The van der Waals surface area contributed by atoms with Crippen LogP contribution in [0.15, 0.2) is 30.8 Å². The first-order valence-corrected chi connectivity index (χ1v) is 5.58. The predicted octanol–water partition coefficient (Wildman–Crippen LogP) is 1.44. The zero-order chi connectivity index (χ0) is 12.8. The monoisotopic (exact) mass is 251 g/mol. The van der Waals surface area contributed by atoms with Crippen LogP contribution < -0.4 is 5.32 Å². The van der Waals surface area contributed by atoms with Crippen molar-refractivity contribution in [2.45, 2.75) is 6.04 Å². The second-order valence-corrected chi connectivity index (χ2v) is 3.74. The van der Waals surface area contributed by atoms with Gasteiger partial charge in [0.15, 0.2) is 0 Å². The standard InChI is InChI=1S/C12H13NO3S/c1-2-8-3-5-9(6-4-8)11(14)13-10(7-17)12(15)16/h2-6,10,17H,1,7H2,(H,13,14)(H,15,16)/t10-/m0/s1. The summed E-state index contributed by atoms with van der Waals surface area (Å²) >= 11 is 3.86. The maximum Gasteiger partial charge on any atom is 0.327 e. The fraction of sp³-hybridized carbons (Fsp3) is 0.167. The number of carbonyl (C=O) groups excluding carboxylic acids is 1. The van der Waals surface area contributed by atoms with Crippen LogP contribution in [-0.4, -0.2) is 28.8 Å². The maximum atomic E-state index is 11.7. The summed E-state index contributed by atoms with van der Waals surface area (Å²) in [7, 11) is 0. The number of nitrogens with one attached hydrogen (secondary N) is 1. The van der Waals surface area contributed by atoms with E-state index in [1.54, 1.807) is 30.3 Å². The van der Waals surface area contributed by atoms with Gasteiger partial charge in [0.05, 0.1) is 0 Å². The Morgan fingerprint density at radius 2 is 2.00 bits per heavy atom. The molecule has 1 atom stereocenters. The maximum absolute atomic E-state index is 11.7. The number of carbonyl (C=O) groups is 2. The number of rotatable bonds is 5. The van der Waals surface area contributed by atoms with Gasteiger partial charge in [-0.3, -0.25) is 4.79 Å². The quantitative estimate of drug-likeness (QED) is 0.694. The van der Waals surface area contributed by atoms with Gasteiger partial charge in [-0.1, -0.05) is 24.8 Å². The number of carboxylic acids is 1. The lowest BCUT2D eigenvalue weighted by Crippen LogP contribution is -2.42. The summed E-state index contributed by atoms with van der Waals surface area (Å²) in [5, 5.41) is 11.2. The van der Waals surface area contributed by atoms with Crippen LogP contribution in [0.1, 0.15) is 15.9 Å². The van der Waals surface area contributed by atoms with Gasteiger partial charge < -0.3 is 10.4 Å². The minimum Gasteiger partial charge on any atom is -0.480 e. The van der Waals surface area contributed by atoms with Crippen molar-refractivity contribution in [3.63, 3.8) is 0 Å². The summed E-state index contributed by atoms with van der Waals surface area (Å²) in [6.45, 7) is 3.60. The molecule has 0 saturated carbocycles. The van der Waals surface area contributed by atoms with Crippen molar-refractivity contribution < 1.29 is 14.7 Å². The number of aliphatic carboxylic acids is 1. The number of carboxylic acid groups (broad SMARTS) is 1. The topological polar surface area (TPSA) is 66.4 Å². The van der Waals surface area contributed by atoms with E-state index in [1.165, 1.54) is 0 Å². The molecule has 17 heavy (non-hydrogen) atoms. The highest BCUT2D eigenvalue weighted by atomic mass is 32.1. The highest BCUT2D eigenvalue weighted by molar-refractivity contribution is 7.80.